The Morgan fingerprint density at radius 3 is 2.40 bits per heavy atom. The Morgan fingerprint density at radius 1 is 0.933 bits per heavy atom. The molecule has 2 aliphatic rings. The van der Waals surface area contributed by atoms with Crippen LogP contribution in [0.2, 0.25) is 0 Å². The number of halogens is 3. The van der Waals surface area contributed by atoms with Gasteiger partial charge in [-0.2, -0.15) is 22.8 Å². The molecule has 3 aromatic heterocycles. The highest BCUT2D eigenvalue weighted by Gasteiger charge is 2.38. The third-order valence-corrected chi connectivity index (χ3v) is 5.56. The van der Waals surface area contributed by atoms with E-state index in [0.29, 0.717) is 43.2 Å². The summed E-state index contributed by atoms with van der Waals surface area (Å²) in [7, 11) is 0. The molecule has 2 fully saturated rings. The first-order valence-electron chi connectivity index (χ1n) is 9.98. The van der Waals surface area contributed by atoms with Crippen LogP contribution in [0.4, 0.5) is 19.0 Å². The SMILES string of the molecule is FC(F)(F)c1nnc2ccc(N3CCC(COc4ccc(C5CC5)nn4)CC3)nn12. The molecule has 4 heterocycles. The second kappa shape index (κ2) is 7.37. The molecule has 5 rings (SSSR count). The van der Waals surface area contributed by atoms with Gasteiger partial charge in [0, 0.05) is 25.1 Å². The number of aromatic nitrogens is 6. The second-order valence-electron chi connectivity index (χ2n) is 7.80. The van der Waals surface area contributed by atoms with Gasteiger partial charge in [0.15, 0.2) is 5.65 Å². The number of hydrogen-bond acceptors (Lipinski definition) is 7. The van der Waals surface area contributed by atoms with Crippen LogP contribution in [0.3, 0.4) is 0 Å². The zero-order valence-corrected chi connectivity index (χ0v) is 16.1. The van der Waals surface area contributed by atoms with Crippen LogP contribution in [-0.2, 0) is 6.18 Å². The summed E-state index contributed by atoms with van der Waals surface area (Å²) in [5.41, 5.74) is 1.10. The topological polar surface area (TPSA) is 81.3 Å². The molecule has 0 atom stereocenters. The molecular formula is C19H20F3N7O. The first-order chi connectivity index (χ1) is 14.5. The number of nitrogens with zero attached hydrogens (tertiary/aromatic N) is 7. The first-order valence-corrected chi connectivity index (χ1v) is 9.98. The summed E-state index contributed by atoms with van der Waals surface area (Å²) < 4.78 is 45.7. The van der Waals surface area contributed by atoms with Gasteiger partial charge in [0.25, 0.3) is 5.82 Å². The maximum Gasteiger partial charge on any atom is 0.453 e. The van der Waals surface area contributed by atoms with E-state index >= 15 is 0 Å². The fourth-order valence-corrected chi connectivity index (χ4v) is 3.66. The van der Waals surface area contributed by atoms with Crippen molar-refractivity contribution in [1.82, 2.24) is 30.0 Å². The quantitative estimate of drug-likeness (QED) is 0.629. The molecule has 0 aromatic carbocycles. The van der Waals surface area contributed by atoms with E-state index in [2.05, 4.69) is 25.5 Å². The molecule has 1 saturated carbocycles. The van der Waals surface area contributed by atoms with Gasteiger partial charge in [-0.25, -0.2) is 0 Å². The van der Waals surface area contributed by atoms with Crippen molar-refractivity contribution in [2.24, 2.45) is 5.92 Å². The summed E-state index contributed by atoms with van der Waals surface area (Å²) in [5.74, 6) is 0.802. The van der Waals surface area contributed by atoms with Crippen molar-refractivity contribution >= 4 is 11.5 Å². The molecule has 0 amide bonds. The molecule has 1 aliphatic carbocycles. The number of hydrogen-bond donors (Lipinski definition) is 0. The van der Waals surface area contributed by atoms with E-state index in [4.69, 9.17) is 4.74 Å². The van der Waals surface area contributed by atoms with Gasteiger partial charge in [0.05, 0.1) is 12.3 Å². The minimum Gasteiger partial charge on any atom is -0.476 e. The molecule has 1 saturated heterocycles. The molecule has 30 heavy (non-hydrogen) atoms. The average Bonchev–Trinajstić information content (AvgIpc) is 3.50. The number of alkyl halides is 3. The largest absolute Gasteiger partial charge is 0.476 e. The van der Waals surface area contributed by atoms with Crippen molar-refractivity contribution in [3.8, 4) is 5.88 Å². The van der Waals surface area contributed by atoms with Crippen molar-refractivity contribution in [3.05, 3.63) is 35.8 Å². The normalized spacial score (nSPS) is 18.2. The van der Waals surface area contributed by atoms with E-state index in [1.807, 2.05) is 17.0 Å². The highest BCUT2D eigenvalue weighted by atomic mass is 19.4. The predicted octanol–water partition coefficient (Wildman–Crippen LogP) is 3.11. The first kappa shape index (κ1) is 19.0. The molecule has 0 N–H and O–H groups in total. The number of fused-ring (bicyclic) bond motifs is 1. The molecule has 0 bridgehead atoms. The Morgan fingerprint density at radius 2 is 1.73 bits per heavy atom. The van der Waals surface area contributed by atoms with Gasteiger partial charge in [0.2, 0.25) is 5.88 Å². The van der Waals surface area contributed by atoms with Crippen LogP contribution in [-0.4, -0.2) is 49.7 Å². The van der Waals surface area contributed by atoms with Crippen LogP contribution in [0.1, 0.15) is 43.1 Å². The molecule has 3 aromatic rings. The highest BCUT2D eigenvalue weighted by molar-refractivity contribution is 5.46. The Hall–Kier alpha value is -2.98. The zero-order valence-electron chi connectivity index (χ0n) is 16.1. The monoisotopic (exact) mass is 419 g/mol. The minimum atomic E-state index is -4.60. The van der Waals surface area contributed by atoms with Crippen molar-refractivity contribution < 1.29 is 17.9 Å². The van der Waals surface area contributed by atoms with Crippen LogP contribution in [0, 0.1) is 5.92 Å². The lowest BCUT2D eigenvalue weighted by Gasteiger charge is -2.32. The van der Waals surface area contributed by atoms with Crippen LogP contribution >= 0.6 is 0 Å². The highest BCUT2D eigenvalue weighted by Crippen LogP contribution is 2.38. The molecule has 8 nitrogen and oxygen atoms in total. The predicted molar refractivity (Wildman–Crippen MR) is 100 cm³/mol. The Bertz CT molecular complexity index is 1020. The third kappa shape index (κ3) is 3.88. The van der Waals surface area contributed by atoms with Gasteiger partial charge in [-0.15, -0.1) is 20.4 Å². The molecule has 0 spiro atoms. The van der Waals surface area contributed by atoms with Crippen molar-refractivity contribution in [1.29, 1.82) is 0 Å². The molecular weight excluding hydrogens is 399 g/mol. The maximum atomic E-state index is 13.1. The van der Waals surface area contributed by atoms with E-state index in [1.54, 1.807) is 6.07 Å². The fraction of sp³-hybridized carbons (Fsp3) is 0.526. The Labute approximate surface area is 170 Å². The Balaban J connectivity index is 1.18. The Kier molecular flexibility index (Phi) is 4.67. The second-order valence-corrected chi connectivity index (χ2v) is 7.80. The molecule has 0 radical (unpaired) electrons. The maximum absolute atomic E-state index is 13.1. The van der Waals surface area contributed by atoms with Crippen molar-refractivity contribution in [2.45, 2.75) is 37.8 Å². The van der Waals surface area contributed by atoms with Crippen LogP contribution in [0.15, 0.2) is 24.3 Å². The molecule has 1 aliphatic heterocycles. The van der Waals surface area contributed by atoms with E-state index in [1.165, 1.54) is 18.9 Å². The van der Waals surface area contributed by atoms with Gasteiger partial charge in [-0.3, -0.25) is 0 Å². The van der Waals surface area contributed by atoms with Gasteiger partial charge in [-0.05, 0) is 49.8 Å². The summed E-state index contributed by atoms with van der Waals surface area (Å²) in [5, 5.41) is 19.2. The lowest BCUT2D eigenvalue weighted by Crippen LogP contribution is -2.36. The van der Waals surface area contributed by atoms with Crippen molar-refractivity contribution in [2.75, 3.05) is 24.6 Å². The number of piperidine rings is 1. The lowest BCUT2D eigenvalue weighted by atomic mass is 9.98. The van der Waals surface area contributed by atoms with Crippen molar-refractivity contribution in [3.63, 3.8) is 0 Å². The van der Waals surface area contributed by atoms with Gasteiger partial charge >= 0.3 is 6.18 Å². The number of rotatable bonds is 5. The summed E-state index contributed by atoms with van der Waals surface area (Å²) in [6.07, 6.45) is -0.535. The zero-order chi connectivity index (χ0) is 20.7. The molecule has 0 unspecified atom stereocenters. The minimum absolute atomic E-state index is 0.0724. The number of anilines is 1. The lowest BCUT2D eigenvalue weighted by molar-refractivity contribution is -0.146. The summed E-state index contributed by atoms with van der Waals surface area (Å²) in [4.78, 5) is 1.97. The van der Waals surface area contributed by atoms with Crippen LogP contribution in [0.25, 0.3) is 5.65 Å². The summed E-state index contributed by atoms with van der Waals surface area (Å²) in [6.45, 7) is 1.91. The van der Waals surface area contributed by atoms with Gasteiger partial charge in [-0.1, -0.05) is 0 Å². The van der Waals surface area contributed by atoms with Gasteiger partial charge < -0.3 is 9.64 Å². The van der Waals surface area contributed by atoms with E-state index in [-0.39, 0.29) is 5.65 Å². The third-order valence-electron chi connectivity index (χ3n) is 5.56. The molecule has 158 valence electrons. The number of ether oxygens (including phenoxy) is 1. The summed E-state index contributed by atoms with van der Waals surface area (Å²) >= 11 is 0. The van der Waals surface area contributed by atoms with Crippen LogP contribution < -0.4 is 9.64 Å². The van der Waals surface area contributed by atoms with Crippen LogP contribution in [0.5, 0.6) is 5.88 Å². The standard InChI is InChI=1S/C19H20F3N7O/c20-19(21,22)18-26-24-15-4-5-16(27-29(15)18)28-9-7-12(8-10-28)11-30-17-6-3-14(23-25-17)13-1-2-13/h3-6,12-13H,1-2,7-11H2. The smallest absolute Gasteiger partial charge is 0.453 e. The molecule has 11 heteroatoms. The van der Waals surface area contributed by atoms with E-state index in [0.717, 1.165) is 23.1 Å². The van der Waals surface area contributed by atoms with Gasteiger partial charge in [0.1, 0.15) is 5.82 Å². The van der Waals surface area contributed by atoms with E-state index < -0.39 is 12.0 Å². The average molecular weight is 419 g/mol. The summed E-state index contributed by atoms with van der Waals surface area (Å²) in [6, 6.07) is 7.03. The van der Waals surface area contributed by atoms with E-state index in [9.17, 15) is 13.2 Å². The fourth-order valence-electron chi connectivity index (χ4n) is 3.66.